The highest BCUT2D eigenvalue weighted by molar-refractivity contribution is 5.75. The van der Waals surface area contributed by atoms with Crippen molar-refractivity contribution in [2.75, 3.05) is 32.7 Å². The highest BCUT2D eigenvalue weighted by Gasteiger charge is 2.32. The van der Waals surface area contributed by atoms with Crippen LogP contribution in [0.2, 0.25) is 0 Å². The molecule has 29 heavy (non-hydrogen) atoms. The lowest BCUT2D eigenvalue weighted by molar-refractivity contribution is -0.145. The second-order valence-electron chi connectivity index (χ2n) is 7.39. The molecule has 2 aromatic carbocycles. The molecule has 0 aliphatic carbocycles. The van der Waals surface area contributed by atoms with E-state index in [0.717, 1.165) is 16.7 Å². The van der Waals surface area contributed by atoms with Gasteiger partial charge in [-0.3, -0.25) is 4.90 Å². The summed E-state index contributed by atoms with van der Waals surface area (Å²) < 4.78 is 37.8. The van der Waals surface area contributed by atoms with Gasteiger partial charge in [0.2, 0.25) is 0 Å². The zero-order valence-corrected chi connectivity index (χ0v) is 16.5. The molecule has 1 aliphatic rings. The van der Waals surface area contributed by atoms with E-state index in [1.807, 2.05) is 61.5 Å². The van der Waals surface area contributed by atoms with Crippen LogP contribution < -0.4 is 5.32 Å². The predicted molar refractivity (Wildman–Crippen MR) is 108 cm³/mol. The summed E-state index contributed by atoms with van der Waals surface area (Å²) in [6.07, 6.45) is -3.68. The first-order valence-electron chi connectivity index (χ1n) is 9.82. The van der Waals surface area contributed by atoms with Crippen LogP contribution in [0.25, 0.3) is 11.1 Å². The van der Waals surface area contributed by atoms with Crippen LogP contribution in [0, 0.1) is 0 Å². The van der Waals surface area contributed by atoms with Crippen molar-refractivity contribution in [2.45, 2.75) is 25.6 Å². The van der Waals surface area contributed by atoms with E-state index in [1.165, 1.54) is 4.90 Å². The number of nitrogens with zero attached hydrogens (tertiary/aromatic N) is 2. The third-order valence-corrected chi connectivity index (χ3v) is 5.14. The number of hydrogen-bond donors (Lipinski definition) is 1. The van der Waals surface area contributed by atoms with Gasteiger partial charge in [0, 0.05) is 26.2 Å². The van der Waals surface area contributed by atoms with Crippen molar-refractivity contribution in [3.63, 3.8) is 0 Å². The van der Waals surface area contributed by atoms with Crippen molar-refractivity contribution in [1.82, 2.24) is 15.1 Å². The fraction of sp³-hybridized carbons (Fsp3) is 0.409. The van der Waals surface area contributed by atoms with Gasteiger partial charge in [0.25, 0.3) is 0 Å². The van der Waals surface area contributed by atoms with Crippen molar-refractivity contribution in [1.29, 1.82) is 0 Å². The molecule has 0 saturated carbocycles. The summed E-state index contributed by atoms with van der Waals surface area (Å²) in [7, 11) is 0. The summed E-state index contributed by atoms with van der Waals surface area (Å²) in [6, 6.07) is 17.6. The number of carbonyl (C=O) groups is 1. The van der Waals surface area contributed by atoms with Gasteiger partial charge in [0.15, 0.2) is 0 Å². The van der Waals surface area contributed by atoms with Crippen LogP contribution in [0.15, 0.2) is 54.6 Å². The molecular weight excluding hydrogens is 379 g/mol. The van der Waals surface area contributed by atoms with Gasteiger partial charge in [-0.25, -0.2) is 4.79 Å². The molecule has 1 N–H and O–H groups in total. The first-order valence-corrected chi connectivity index (χ1v) is 9.82. The zero-order valence-electron chi connectivity index (χ0n) is 16.5. The molecule has 1 saturated heterocycles. The Bertz CT molecular complexity index is 793. The summed E-state index contributed by atoms with van der Waals surface area (Å²) >= 11 is 0. The molecule has 1 aliphatic heterocycles. The highest BCUT2D eigenvalue weighted by Crippen LogP contribution is 2.22. The fourth-order valence-electron chi connectivity index (χ4n) is 3.54. The number of hydrogen-bond acceptors (Lipinski definition) is 2. The lowest BCUT2D eigenvalue weighted by Crippen LogP contribution is -2.43. The maximum atomic E-state index is 12.6. The SMILES string of the molecule is CC(NC(=O)N1CCCN(CC(F)(F)F)CC1)c1ccc(-c2ccccc2)cc1. The molecule has 156 valence electrons. The Morgan fingerprint density at radius 2 is 1.62 bits per heavy atom. The van der Waals surface area contributed by atoms with Gasteiger partial charge >= 0.3 is 12.2 Å². The van der Waals surface area contributed by atoms with Crippen molar-refractivity contribution < 1.29 is 18.0 Å². The Kier molecular flexibility index (Phi) is 6.79. The van der Waals surface area contributed by atoms with E-state index >= 15 is 0 Å². The lowest BCUT2D eigenvalue weighted by atomic mass is 10.0. The minimum absolute atomic E-state index is 0.193. The molecule has 0 radical (unpaired) electrons. The van der Waals surface area contributed by atoms with Gasteiger partial charge in [-0.15, -0.1) is 0 Å². The number of urea groups is 1. The van der Waals surface area contributed by atoms with Crippen LogP contribution in [-0.2, 0) is 0 Å². The molecule has 1 atom stereocenters. The predicted octanol–water partition coefficient (Wildman–Crippen LogP) is 4.69. The van der Waals surface area contributed by atoms with E-state index in [2.05, 4.69) is 5.32 Å². The topological polar surface area (TPSA) is 35.6 Å². The van der Waals surface area contributed by atoms with Crippen molar-refractivity contribution in [2.24, 2.45) is 0 Å². The number of amides is 2. The van der Waals surface area contributed by atoms with Gasteiger partial charge in [-0.2, -0.15) is 13.2 Å². The van der Waals surface area contributed by atoms with E-state index in [9.17, 15) is 18.0 Å². The smallest absolute Gasteiger partial charge is 0.331 e. The third-order valence-electron chi connectivity index (χ3n) is 5.14. The highest BCUT2D eigenvalue weighted by atomic mass is 19.4. The van der Waals surface area contributed by atoms with Crippen molar-refractivity contribution in [3.8, 4) is 11.1 Å². The second-order valence-corrected chi connectivity index (χ2v) is 7.39. The van der Waals surface area contributed by atoms with Crippen LogP contribution in [0.1, 0.15) is 24.9 Å². The molecule has 0 aromatic heterocycles. The van der Waals surface area contributed by atoms with Crippen molar-refractivity contribution in [3.05, 3.63) is 60.2 Å². The van der Waals surface area contributed by atoms with E-state index in [4.69, 9.17) is 0 Å². The Balaban J connectivity index is 1.55. The van der Waals surface area contributed by atoms with Crippen LogP contribution in [0.5, 0.6) is 0 Å². The normalized spacial score (nSPS) is 16.9. The molecule has 0 spiro atoms. The summed E-state index contributed by atoms with van der Waals surface area (Å²) in [5.41, 5.74) is 3.21. The molecule has 1 heterocycles. The molecule has 2 amide bonds. The van der Waals surface area contributed by atoms with Gasteiger partial charge in [-0.1, -0.05) is 54.6 Å². The lowest BCUT2D eigenvalue weighted by Gasteiger charge is -2.25. The average Bonchev–Trinajstić information content (AvgIpc) is 2.93. The largest absolute Gasteiger partial charge is 0.401 e. The summed E-state index contributed by atoms with van der Waals surface area (Å²) in [6.45, 7) is 2.31. The number of rotatable bonds is 4. The maximum Gasteiger partial charge on any atom is 0.401 e. The Morgan fingerprint density at radius 3 is 2.28 bits per heavy atom. The molecule has 2 aromatic rings. The average molecular weight is 405 g/mol. The minimum Gasteiger partial charge on any atom is -0.331 e. The fourth-order valence-corrected chi connectivity index (χ4v) is 3.54. The zero-order chi connectivity index (χ0) is 20.9. The van der Waals surface area contributed by atoms with Gasteiger partial charge in [0.05, 0.1) is 12.6 Å². The van der Waals surface area contributed by atoms with E-state index in [-0.39, 0.29) is 18.6 Å². The molecule has 4 nitrogen and oxygen atoms in total. The molecular formula is C22H26F3N3O. The number of carbonyl (C=O) groups excluding carboxylic acids is 1. The number of halogens is 3. The van der Waals surface area contributed by atoms with Crippen LogP contribution >= 0.6 is 0 Å². The van der Waals surface area contributed by atoms with Crippen LogP contribution in [-0.4, -0.2) is 54.7 Å². The number of alkyl halides is 3. The standard InChI is InChI=1S/C22H26F3N3O/c1-17(18-8-10-20(11-9-18)19-6-3-2-4-7-19)26-21(29)28-13-5-12-27(14-15-28)16-22(23,24)25/h2-4,6-11,17H,5,12-16H2,1H3,(H,26,29). The summed E-state index contributed by atoms with van der Waals surface area (Å²) in [5.74, 6) is 0. The van der Waals surface area contributed by atoms with Gasteiger partial charge < -0.3 is 10.2 Å². The summed E-state index contributed by atoms with van der Waals surface area (Å²) in [5, 5.41) is 2.96. The summed E-state index contributed by atoms with van der Waals surface area (Å²) in [4.78, 5) is 15.6. The Labute approximate surface area is 169 Å². The third kappa shape index (κ3) is 6.22. The van der Waals surface area contributed by atoms with Gasteiger partial charge in [-0.05, 0) is 30.0 Å². The minimum atomic E-state index is -4.21. The molecule has 3 rings (SSSR count). The second kappa shape index (κ2) is 9.31. The quantitative estimate of drug-likeness (QED) is 0.801. The first-order chi connectivity index (χ1) is 13.8. The number of benzene rings is 2. The number of nitrogens with one attached hydrogen (secondary N) is 1. The van der Waals surface area contributed by atoms with E-state index in [1.54, 1.807) is 4.90 Å². The first kappa shape index (κ1) is 21.2. The Morgan fingerprint density at radius 1 is 0.966 bits per heavy atom. The van der Waals surface area contributed by atoms with Gasteiger partial charge in [0.1, 0.15) is 0 Å². The van der Waals surface area contributed by atoms with E-state index < -0.39 is 12.7 Å². The Hall–Kier alpha value is -2.54. The van der Waals surface area contributed by atoms with E-state index in [0.29, 0.717) is 26.1 Å². The maximum absolute atomic E-state index is 12.6. The monoisotopic (exact) mass is 405 g/mol. The molecule has 7 heteroatoms. The molecule has 1 fully saturated rings. The van der Waals surface area contributed by atoms with Crippen LogP contribution in [0.3, 0.4) is 0 Å². The van der Waals surface area contributed by atoms with Crippen molar-refractivity contribution >= 4 is 6.03 Å². The molecule has 0 bridgehead atoms. The van der Waals surface area contributed by atoms with Crippen LogP contribution in [0.4, 0.5) is 18.0 Å². The molecule has 1 unspecified atom stereocenters.